The first-order valence-corrected chi connectivity index (χ1v) is 14.0. The molecule has 36 heavy (non-hydrogen) atoms. The van der Waals surface area contributed by atoms with Crippen LogP contribution in [-0.4, -0.2) is 59.6 Å². The summed E-state index contributed by atoms with van der Waals surface area (Å²) in [5.74, 6) is 1.05. The molecule has 1 aliphatic heterocycles. The smallest absolute Gasteiger partial charge is 0.282 e. The third kappa shape index (κ3) is 6.42. The highest BCUT2D eigenvalue weighted by atomic mass is 79.9. The lowest BCUT2D eigenvalue weighted by Crippen LogP contribution is -2.43. The standard InChI is InChI=1S/C25H25Br3N4O4/c1-2-3-4-22-30-21-6-5-17(26)13-18(21)25(34)32(22)29-14-16-11-19(27)24(20(28)12-16)36-15-23(33)31-7-9-35-10-8-31/h5-6,11-14H,2-4,7-10,15H2,1H3. The second kappa shape index (κ2) is 12.4. The Balaban J connectivity index is 1.58. The van der Waals surface area contributed by atoms with Crippen LogP contribution in [-0.2, 0) is 16.0 Å². The summed E-state index contributed by atoms with van der Waals surface area (Å²) in [7, 11) is 0. The van der Waals surface area contributed by atoms with Crippen LogP contribution in [0.5, 0.6) is 5.75 Å². The number of hydrogen-bond acceptors (Lipinski definition) is 6. The minimum atomic E-state index is -0.219. The molecule has 1 fully saturated rings. The van der Waals surface area contributed by atoms with Crippen LogP contribution in [0.15, 0.2) is 53.6 Å². The van der Waals surface area contributed by atoms with Crippen molar-refractivity contribution in [2.75, 3.05) is 32.9 Å². The molecule has 0 N–H and O–H groups in total. The van der Waals surface area contributed by atoms with Crippen molar-refractivity contribution in [3.05, 3.63) is 65.5 Å². The summed E-state index contributed by atoms with van der Waals surface area (Å²) in [6.45, 7) is 4.25. The molecule has 2 heterocycles. The van der Waals surface area contributed by atoms with Crippen LogP contribution in [0, 0.1) is 0 Å². The third-order valence-electron chi connectivity index (χ3n) is 5.68. The number of ether oxygens (including phenoxy) is 2. The van der Waals surface area contributed by atoms with Gasteiger partial charge in [0.05, 0.1) is 39.3 Å². The Labute approximate surface area is 234 Å². The van der Waals surface area contributed by atoms with Gasteiger partial charge >= 0.3 is 0 Å². The van der Waals surface area contributed by atoms with Gasteiger partial charge in [-0.05, 0) is 74.2 Å². The van der Waals surface area contributed by atoms with Gasteiger partial charge < -0.3 is 14.4 Å². The summed E-state index contributed by atoms with van der Waals surface area (Å²) in [5, 5.41) is 5.00. The van der Waals surface area contributed by atoms with Crippen molar-refractivity contribution in [3.63, 3.8) is 0 Å². The fourth-order valence-corrected chi connectivity index (χ4v) is 5.58. The number of carbonyl (C=O) groups excluding carboxylic acids is 1. The number of hydrogen-bond donors (Lipinski definition) is 0. The van der Waals surface area contributed by atoms with Crippen LogP contribution >= 0.6 is 47.8 Å². The van der Waals surface area contributed by atoms with Gasteiger partial charge in [-0.2, -0.15) is 9.78 Å². The van der Waals surface area contributed by atoms with Crippen LogP contribution in [0.2, 0.25) is 0 Å². The maximum Gasteiger partial charge on any atom is 0.282 e. The average molecular weight is 685 g/mol. The fraction of sp³-hybridized carbons (Fsp3) is 0.360. The average Bonchev–Trinajstić information content (AvgIpc) is 2.87. The molecule has 190 valence electrons. The lowest BCUT2D eigenvalue weighted by atomic mass is 10.2. The SMILES string of the molecule is CCCCc1nc2ccc(Br)cc2c(=O)n1N=Cc1cc(Br)c(OCC(=O)N2CCOCC2)c(Br)c1. The second-order valence-corrected chi connectivity index (χ2v) is 10.9. The number of fused-ring (bicyclic) bond motifs is 1. The summed E-state index contributed by atoms with van der Waals surface area (Å²) >= 11 is 10.5. The maximum absolute atomic E-state index is 13.3. The number of halogens is 3. The van der Waals surface area contributed by atoms with Crippen molar-refractivity contribution in [2.45, 2.75) is 26.2 Å². The van der Waals surface area contributed by atoms with Gasteiger partial charge in [0.25, 0.3) is 11.5 Å². The summed E-state index contributed by atoms with van der Waals surface area (Å²) < 4.78 is 14.6. The number of aromatic nitrogens is 2. The molecular formula is C25H25Br3N4O4. The predicted octanol–water partition coefficient (Wildman–Crippen LogP) is 5.15. The molecule has 4 rings (SSSR count). The fourth-order valence-electron chi connectivity index (χ4n) is 3.76. The molecule has 0 saturated carbocycles. The van der Waals surface area contributed by atoms with E-state index in [0.717, 1.165) is 22.9 Å². The molecule has 0 radical (unpaired) electrons. The molecule has 3 aromatic rings. The van der Waals surface area contributed by atoms with Crippen molar-refractivity contribution in [2.24, 2.45) is 5.10 Å². The van der Waals surface area contributed by atoms with E-state index in [1.807, 2.05) is 24.3 Å². The molecule has 0 aliphatic carbocycles. The summed E-state index contributed by atoms with van der Waals surface area (Å²) in [5.41, 5.74) is 1.17. The molecular weight excluding hydrogens is 660 g/mol. The molecule has 2 aromatic carbocycles. The first-order valence-electron chi connectivity index (χ1n) is 11.6. The van der Waals surface area contributed by atoms with Crippen LogP contribution in [0.3, 0.4) is 0 Å². The van der Waals surface area contributed by atoms with E-state index < -0.39 is 0 Å². The Morgan fingerprint density at radius 2 is 1.89 bits per heavy atom. The van der Waals surface area contributed by atoms with E-state index in [1.54, 1.807) is 17.2 Å². The van der Waals surface area contributed by atoms with Gasteiger partial charge in [0.1, 0.15) is 11.6 Å². The van der Waals surface area contributed by atoms with Crippen LogP contribution < -0.4 is 10.3 Å². The molecule has 1 aliphatic rings. The Morgan fingerprint density at radius 3 is 2.58 bits per heavy atom. The number of aryl methyl sites for hydroxylation is 1. The number of unbranched alkanes of at least 4 members (excludes halogenated alkanes) is 1. The molecule has 1 saturated heterocycles. The first kappa shape index (κ1) is 27.0. The van der Waals surface area contributed by atoms with E-state index in [9.17, 15) is 9.59 Å². The monoisotopic (exact) mass is 682 g/mol. The van der Waals surface area contributed by atoms with Gasteiger partial charge in [-0.15, -0.1) is 0 Å². The molecule has 11 heteroatoms. The maximum atomic E-state index is 13.3. The van der Waals surface area contributed by atoms with Crippen molar-refractivity contribution in [3.8, 4) is 5.75 Å². The highest BCUT2D eigenvalue weighted by Crippen LogP contribution is 2.34. The van der Waals surface area contributed by atoms with Gasteiger partial charge in [-0.3, -0.25) is 9.59 Å². The Bertz CT molecular complexity index is 1330. The van der Waals surface area contributed by atoms with Crippen LogP contribution in [0.1, 0.15) is 31.2 Å². The van der Waals surface area contributed by atoms with Crippen molar-refractivity contribution in [1.29, 1.82) is 0 Å². The number of morpholine rings is 1. The Hall–Kier alpha value is -2.08. The summed E-state index contributed by atoms with van der Waals surface area (Å²) in [6, 6.07) is 9.12. The van der Waals surface area contributed by atoms with E-state index >= 15 is 0 Å². The lowest BCUT2D eigenvalue weighted by molar-refractivity contribution is -0.137. The van der Waals surface area contributed by atoms with E-state index in [0.29, 0.717) is 64.1 Å². The topological polar surface area (TPSA) is 86.0 Å². The quantitative estimate of drug-likeness (QED) is 0.307. The molecule has 1 aromatic heterocycles. The predicted molar refractivity (Wildman–Crippen MR) is 150 cm³/mol. The number of amides is 1. The van der Waals surface area contributed by atoms with Crippen molar-refractivity contribution >= 4 is 70.8 Å². The highest BCUT2D eigenvalue weighted by Gasteiger charge is 2.19. The van der Waals surface area contributed by atoms with Gasteiger partial charge in [0, 0.05) is 24.0 Å². The van der Waals surface area contributed by atoms with Crippen LogP contribution in [0.25, 0.3) is 10.9 Å². The Morgan fingerprint density at radius 1 is 1.17 bits per heavy atom. The number of nitrogens with zero attached hydrogens (tertiary/aromatic N) is 4. The lowest BCUT2D eigenvalue weighted by Gasteiger charge is -2.26. The minimum absolute atomic E-state index is 0.0703. The minimum Gasteiger partial charge on any atom is -0.481 e. The molecule has 0 bridgehead atoms. The Kier molecular flexibility index (Phi) is 9.32. The van der Waals surface area contributed by atoms with E-state index in [2.05, 4.69) is 59.8 Å². The summed E-state index contributed by atoms with van der Waals surface area (Å²) in [4.78, 5) is 32.1. The van der Waals surface area contributed by atoms with Gasteiger partial charge in [-0.25, -0.2) is 4.98 Å². The van der Waals surface area contributed by atoms with Gasteiger partial charge in [0.15, 0.2) is 6.61 Å². The molecule has 8 nitrogen and oxygen atoms in total. The molecule has 0 spiro atoms. The largest absolute Gasteiger partial charge is 0.481 e. The zero-order valence-corrected chi connectivity index (χ0v) is 24.4. The summed E-state index contributed by atoms with van der Waals surface area (Å²) in [6.07, 6.45) is 4.14. The van der Waals surface area contributed by atoms with E-state index in [-0.39, 0.29) is 18.1 Å². The zero-order chi connectivity index (χ0) is 25.7. The normalized spacial score (nSPS) is 14.1. The van der Waals surface area contributed by atoms with Crippen LogP contribution in [0.4, 0.5) is 0 Å². The highest BCUT2D eigenvalue weighted by molar-refractivity contribution is 9.11. The van der Waals surface area contributed by atoms with E-state index in [4.69, 9.17) is 14.5 Å². The third-order valence-corrected chi connectivity index (χ3v) is 7.35. The number of benzene rings is 2. The zero-order valence-electron chi connectivity index (χ0n) is 19.7. The second-order valence-electron chi connectivity index (χ2n) is 8.25. The van der Waals surface area contributed by atoms with Gasteiger partial charge in [0.2, 0.25) is 0 Å². The number of rotatable bonds is 8. The van der Waals surface area contributed by atoms with Crippen molar-refractivity contribution in [1.82, 2.24) is 14.6 Å². The van der Waals surface area contributed by atoms with E-state index in [1.165, 1.54) is 4.68 Å². The molecule has 1 amide bonds. The first-order chi connectivity index (χ1) is 17.4. The molecule has 0 unspecified atom stereocenters. The molecule has 0 atom stereocenters. The van der Waals surface area contributed by atoms with Gasteiger partial charge in [-0.1, -0.05) is 29.3 Å². The van der Waals surface area contributed by atoms with Crippen molar-refractivity contribution < 1.29 is 14.3 Å². The number of carbonyl (C=O) groups is 1.